The van der Waals surface area contributed by atoms with Gasteiger partial charge < -0.3 is 10.6 Å². The Labute approximate surface area is 105 Å². The predicted molar refractivity (Wildman–Crippen MR) is 70.9 cm³/mol. The molecule has 0 aromatic rings. The van der Waals surface area contributed by atoms with Crippen LogP contribution in [0.2, 0.25) is 0 Å². The van der Waals surface area contributed by atoms with Crippen LogP contribution in [0.1, 0.15) is 38.5 Å². The minimum absolute atomic E-state index is 0.484. The highest BCUT2D eigenvalue weighted by molar-refractivity contribution is 4.97. The van der Waals surface area contributed by atoms with Crippen LogP contribution in [-0.4, -0.2) is 54.6 Å². The summed E-state index contributed by atoms with van der Waals surface area (Å²) < 4.78 is 0. The van der Waals surface area contributed by atoms with Crippen molar-refractivity contribution in [2.24, 2.45) is 11.7 Å². The fourth-order valence-corrected chi connectivity index (χ4v) is 4.33. The maximum Gasteiger partial charge on any atom is 0.0114 e. The molecule has 3 heterocycles. The van der Waals surface area contributed by atoms with Crippen molar-refractivity contribution in [2.45, 2.75) is 56.7 Å². The molecule has 3 saturated heterocycles. The van der Waals surface area contributed by atoms with Crippen LogP contribution in [0.3, 0.4) is 0 Å². The van der Waals surface area contributed by atoms with Crippen molar-refractivity contribution in [3.8, 4) is 0 Å². The Kier molecular flexibility index (Phi) is 3.42. The first-order chi connectivity index (χ1) is 8.22. The van der Waals surface area contributed by atoms with E-state index in [2.05, 4.69) is 16.8 Å². The summed E-state index contributed by atoms with van der Waals surface area (Å²) in [7, 11) is 2.27. The third-order valence-electron chi connectivity index (χ3n) is 5.11. The molecule has 2 bridgehead atoms. The highest BCUT2D eigenvalue weighted by Gasteiger charge is 2.40. The number of hydrogen-bond acceptors (Lipinski definition) is 3. The molecule has 3 fully saturated rings. The van der Waals surface area contributed by atoms with Crippen LogP contribution < -0.4 is 5.73 Å². The van der Waals surface area contributed by atoms with Crippen LogP contribution in [0.25, 0.3) is 0 Å². The number of rotatable bonds is 2. The maximum atomic E-state index is 6.14. The predicted octanol–water partition coefficient (Wildman–Crippen LogP) is 1.28. The molecule has 0 aliphatic carbocycles. The van der Waals surface area contributed by atoms with Crippen LogP contribution in [0.5, 0.6) is 0 Å². The highest BCUT2D eigenvalue weighted by Crippen LogP contribution is 2.36. The second-order valence-electron chi connectivity index (χ2n) is 6.58. The first-order valence-electron chi connectivity index (χ1n) is 7.42. The first-order valence-corrected chi connectivity index (χ1v) is 7.42. The van der Waals surface area contributed by atoms with Crippen LogP contribution in [-0.2, 0) is 0 Å². The molecule has 3 nitrogen and oxygen atoms in total. The first kappa shape index (κ1) is 11.9. The lowest BCUT2D eigenvalue weighted by molar-refractivity contribution is 0.0823. The summed E-state index contributed by atoms with van der Waals surface area (Å²) in [4.78, 5) is 5.32. The zero-order valence-electron chi connectivity index (χ0n) is 11.1. The molecule has 3 aliphatic heterocycles. The zero-order valence-corrected chi connectivity index (χ0v) is 11.1. The molecule has 0 spiro atoms. The third kappa shape index (κ3) is 2.51. The average Bonchev–Trinajstić information content (AvgIpc) is 2.54. The standard InChI is InChI=1S/C14H27N3/c1-16-6-2-3-11(9-16)10-17-13-4-5-14(17)8-12(15)7-13/h11-14H,2-10,15H2,1H3. The van der Waals surface area contributed by atoms with Gasteiger partial charge in [0.2, 0.25) is 0 Å². The lowest BCUT2D eigenvalue weighted by Crippen LogP contribution is -2.50. The van der Waals surface area contributed by atoms with Gasteiger partial charge in [-0.3, -0.25) is 4.90 Å². The molecule has 3 rings (SSSR count). The molecule has 0 saturated carbocycles. The monoisotopic (exact) mass is 237 g/mol. The molecule has 3 unspecified atom stereocenters. The second-order valence-corrected chi connectivity index (χ2v) is 6.58. The average molecular weight is 237 g/mol. The molecule has 3 atom stereocenters. The minimum Gasteiger partial charge on any atom is -0.328 e. The Morgan fingerprint density at radius 3 is 2.47 bits per heavy atom. The highest BCUT2D eigenvalue weighted by atomic mass is 15.2. The van der Waals surface area contributed by atoms with Crippen LogP contribution >= 0.6 is 0 Å². The molecule has 98 valence electrons. The van der Waals surface area contributed by atoms with E-state index in [0.717, 1.165) is 18.0 Å². The summed E-state index contributed by atoms with van der Waals surface area (Å²) in [5.41, 5.74) is 6.14. The van der Waals surface area contributed by atoms with E-state index in [0.29, 0.717) is 6.04 Å². The van der Waals surface area contributed by atoms with E-state index in [4.69, 9.17) is 5.73 Å². The Morgan fingerprint density at radius 1 is 1.12 bits per heavy atom. The van der Waals surface area contributed by atoms with Crippen LogP contribution in [0, 0.1) is 5.92 Å². The van der Waals surface area contributed by atoms with Crippen molar-refractivity contribution in [1.82, 2.24) is 9.80 Å². The lowest BCUT2D eigenvalue weighted by atomic mass is 9.93. The number of nitrogens with two attached hydrogens (primary N) is 1. The lowest BCUT2D eigenvalue weighted by Gasteiger charge is -2.41. The van der Waals surface area contributed by atoms with Gasteiger partial charge in [0.25, 0.3) is 0 Å². The quantitative estimate of drug-likeness (QED) is 0.785. The topological polar surface area (TPSA) is 32.5 Å². The summed E-state index contributed by atoms with van der Waals surface area (Å²) in [6.45, 7) is 3.95. The van der Waals surface area contributed by atoms with E-state index in [1.54, 1.807) is 0 Å². The van der Waals surface area contributed by atoms with Gasteiger partial charge in [0.05, 0.1) is 0 Å². The molecule has 0 aromatic heterocycles. The fraction of sp³-hybridized carbons (Fsp3) is 1.00. The Morgan fingerprint density at radius 2 is 1.82 bits per heavy atom. The van der Waals surface area contributed by atoms with E-state index in [1.807, 2.05) is 0 Å². The van der Waals surface area contributed by atoms with Gasteiger partial charge in [-0.25, -0.2) is 0 Å². The largest absolute Gasteiger partial charge is 0.328 e. The molecular formula is C14H27N3. The van der Waals surface area contributed by atoms with E-state index >= 15 is 0 Å². The molecule has 3 heteroatoms. The summed E-state index contributed by atoms with van der Waals surface area (Å²) in [6.07, 6.45) is 8.14. The number of likely N-dealkylation sites (tertiary alicyclic amines) is 1. The number of piperidine rings is 2. The molecule has 0 aromatic carbocycles. The number of nitrogens with zero attached hydrogens (tertiary/aromatic N) is 2. The van der Waals surface area contributed by atoms with E-state index in [9.17, 15) is 0 Å². The summed E-state index contributed by atoms with van der Waals surface area (Å²) in [6, 6.07) is 2.12. The van der Waals surface area contributed by atoms with Crippen molar-refractivity contribution >= 4 is 0 Å². The third-order valence-corrected chi connectivity index (χ3v) is 5.11. The van der Waals surface area contributed by atoms with Crippen LogP contribution in [0.15, 0.2) is 0 Å². The van der Waals surface area contributed by atoms with E-state index in [-0.39, 0.29) is 0 Å². The molecule has 17 heavy (non-hydrogen) atoms. The van der Waals surface area contributed by atoms with Gasteiger partial charge in [-0.2, -0.15) is 0 Å². The molecule has 0 amide bonds. The van der Waals surface area contributed by atoms with Crippen molar-refractivity contribution in [3.05, 3.63) is 0 Å². The smallest absolute Gasteiger partial charge is 0.0114 e. The molecule has 2 N–H and O–H groups in total. The van der Waals surface area contributed by atoms with Gasteiger partial charge in [0.15, 0.2) is 0 Å². The van der Waals surface area contributed by atoms with Gasteiger partial charge in [0, 0.05) is 31.2 Å². The Hall–Kier alpha value is -0.120. The Balaban J connectivity index is 1.58. The van der Waals surface area contributed by atoms with Crippen LogP contribution in [0.4, 0.5) is 0 Å². The normalized spacial score (nSPS) is 44.1. The van der Waals surface area contributed by atoms with Gasteiger partial charge in [-0.15, -0.1) is 0 Å². The van der Waals surface area contributed by atoms with Crippen molar-refractivity contribution < 1.29 is 0 Å². The van der Waals surface area contributed by atoms with Crippen molar-refractivity contribution in [2.75, 3.05) is 26.7 Å². The van der Waals surface area contributed by atoms with Gasteiger partial charge >= 0.3 is 0 Å². The Bertz CT molecular complexity index is 254. The maximum absolute atomic E-state index is 6.14. The van der Waals surface area contributed by atoms with E-state index in [1.165, 1.54) is 58.2 Å². The zero-order chi connectivity index (χ0) is 11.8. The summed E-state index contributed by atoms with van der Waals surface area (Å²) in [5.74, 6) is 0.908. The SMILES string of the molecule is CN1CCCC(CN2C3CCC2CC(N)C3)C1. The summed E-state index contributed by atoms with van der Waals surface area (Å²) >= 11 is 0. The minimum atomic E-state index is 0.484. The second kappa shape index (κ2) is 4.87. The van der Waals surface area contributed by atoms with Gasteiger partial charge in [0.1, 0.15) is 0 Å². The molecule has 3 aliphatic rings. The van der Waals surface area contributed by atoms with E-state index < -0.39 is 0 Å². The van der Waals surface area contributed by atoms with Gasteiger partial charge in [-0.05, 0) is 58.0 Å². The number of fused-ring (bicyclic) bond motifs is 2. The number of hydrogen-bond donors (Lipinski definition) is 1. The van der Waals surface area contributed by atoms with Gasteiger partial charge in [-0.1, -0.05) is 0 Å². The van der Waals surface area contributed by atoms with Crippen molar-refractivity contribution in [1.29, 1.82) is 0 Å². The molecular weight excluding hydrogens is 210 g/mol. The summed E-state index contributed by atoms with van der Waals surface area (Å²) in [5, 5.41) is 0. The molecule has 0 radical (unpaired) electrons. The fourth-order valence-electron chi connectivity index (χ4n) is 4.33. The van der Waals surface area contributed by atoms with Crippen molar-refractivity contribution in [3.63, 3.8) is 0 Å².